The van der Waals surface area contributed by atoms with Crippen LogP contribution < -0.4 is 15.4 Å². The molecule has 0 saturated carbocycles. The second kappa shape index (κ2) is 9.08. The van der Waals surface area contributed by atoms with Crippen molar-refractivity contribution in [3.05, 3.63) is 65.5 Å². The predicted molar refractivity (Wildman–Crippen MR) is 119 cm³/mol. The van der Waals surface area contributed by atoms with Crippen molar-refractivity contribution in [2.24, 2.45) is 0 Å². The molecule has 1 fully saturated rings. The van der Waals surface area contributed by atoms with Crippen LogP contribution in [0.25, 0.3) is 11.5 Å². The highest BCUT2D eigenvalue weighted by molar-refractivity contribution is 6.25. The number of piperidine rings is 1. The number of alkyl halides is 3. The minimum absolute atomic E-state index is 0.000114. The van der Waals surface area contributed by atoms with E-state index in [0.29, 0.717) is 0 Å². The van der Waals surface area contributed by atoms with E-state index in [2.05, 4.69) is 20.4 Å². The number of oxazole rings is 1. The Morgan fingerprint density at radius 2 is 1.81 bits per heavy atom. The van der Waals surface area contributed by atoms with Crippen LogP contribution in [0.4, 0.5) is 18.9 Å². The second-order valence-electron chi connectivity index (χ2n) is 8.20. The molecule has 37 heavy (non-hydrogen) atoms. The zero-order chi connectivity index (χ0) is 26.3. The van der Waals surface area contributed by atoms with Crippen LogP contribution in [0.1, 0.15) is 39.3 Å². The number of aromatic nitrogens is 1. The van der Waals surface area contributed by atoms with E-state index in [1.807, 2.05) is 0 Å². The first-order chi connectivity index (χ1) is 17.6. The van der Waals surface area contributed by atoms with Crippen LogP contribution in [0, 0.1) is 0 Å². The van der Waals surface area contributed by atoms with E-state index in [-0.39, 0.29) is 53.4 Å². The molecule has 0 aliphatic carbocycles. The molecule has 10 nitrogen and oxygen atoms in total. The molecule has 2 aliphatic heterocycles. The lowest BCUT2D eigenvalue weighted by molar-refractivity contribution is -0.274. The average molecular weight is 514 g/mol. The Labute approximate surface area is 206 Å². The molecule has 1 unspecified atom stereocenters. The molecule has 2 aromatic carbocycles. The van der Waals surface area contributed by atoms with Crippen molar-refractivity contribution in [2.45, 2.75) is 31.8 Å². The number of halogens is 3. The third-order valence-corrected chi connectivity index (χ3v) is 5.82. The number of benzene rings is 2. The van der Waals surface area contributed by atoms with Crippen LogP contribution in [-0.4, -0.2) is 45.9 Å². The standard InChI is InChI=1S/C24H17F3N4O6/c25-24(26,27)37-17-7-2-1-4-13(17)21-29-11-12(36-21)10-28-15-6-3-5-14-19(15)23(35)31(22(14)34)16-8-9-18(32)30-20(16)33/h1-7,11,16,28H,8-10H2,(H,30,32,33). The van der Waals surface area contributed by atoms with Crippen molar-refractivity contribution in [3.8, 4) is 17.2 Å². The van der Waals surface area contributed by atoms with Gasteiger partial charge < -0.3 is 14.5 Å². The van der Waals surface area contributed by atoms with Gasteiger partial charge in [-0.1, -0.05) is 18.2 Å². The van der Waals surface area contributed by atoms with Gasteiger partial charge in [0.15, 0.2) is 0 Å². The summed E-state index contributed by atoms with van der Waals surface area (Å²) < 4.78 is 47.8. The lowest BCUT2D eigenvalue weighted by Gasteiger charge is -2.27. The minimum atomic E-state index is -4.90. The second-order valence-corrected chi connectivity index (χ2v) is 8.20. The zero-order valence-electron chi connectivity index (χ0n) is 18.8. The molecule has 0 radical (unpaired) electrons. The topological polar surface area (TPSA) is 131 Å². The zero-order valence-corrected chi connectivity index (χ0v) is 18.8. The summed E-state index contributed by atoms with van der Waals surface area (Å²) in [5, 5.41) is 5.11. The number of hydrogen-bond acceptors (Lipinski definition) is 8. The van der Waals surface area contributed by atoms with Crippen molar-refractivity contribution in [1.29, 1.82) is 0 Å². The molecule has 3 aromatic rings. The maximum Gasteiger partial charge on any atom is 0.573 e. The highest BCUT2D eigenvalue weighted by atomic mass is 19.4. The number of carbonyl (C=O) groups is 4. The lowest BCUT2D eigenvalue weighted by atomic mass is 10.0. The van der Waals surface area contributed by atoms with E-state index >= 15 is 0 Å². The summed E-state index contributed by atoms with van der Waals surface area (Å²) in [6.07, 6.45) is -3.57. The summed E-state index contributed by atoms with van der Waals surface area (Å²) in [6, 6.07) is 8.84. The molecule has 4 amide bonds. The Morgan fingerprint density at radius 3 is 2.57 bits per heavy atom. The fourth-order valence-electron chi connectivity index (χ4n) is 4.22. The molecule has 1 saturated heterocycles. The smallest absolute Gasteiger partial charge is 0.439 e. The molecule has 3 heterocycles. The first-order valence-corrected chi connectivity index (χ1v) is 11.0. The predicted octanol–water partition coefficient (Wildman–Crippen LogP) is 3.25. The van der Waals surface area contributed by atoms with Crippen molar-refractivity contribution in [2.75, 3.05) is 5.32 Å². The number of fused-ring (bicyclic) bond motifs is 1. The number of carbonyl (C=O) groups excluding carboxylic acids is 4. The maximum absolute atomic E-state index is 13.2. The van der Waals surface area contributed by atoms with Crippen molar-refractivity contribution >= 4 is 29.3 Å². The Bertz CT molecular complexity index is 1430. The molecule has 5 rings (SSSR count). The van der Waals surface area contributed by atoms with Gasteiger partial charge in [-0.25, -0.2) is 4.98 Å². The lowest BCUT2D eigenvalue weighted by Crippen LogP contribution is -2.54. The van der Waals surface area contributed by atoms with Crippen molar-refractivity contribution < 1.29 is 41.5 Å². The van der Waals surface area contributed by atoms with Gasteiger partial charge in [0.05, 0.1) is 29.4 Å². The quantitative estimate of drug-likeness (QED) is 0.480. The summed E-state index contributed by atoms with van der Waals surface area (Å²) >= 11 is 0. The Kier molecular flexibility index (Phi) is 5.90. The normalized spacial score (nSPS) is 17.6. The number of hydrogen-bond donors (Lipinski definition) is 2. The van der Waals surface area contributed by atoms with Gasteiger partial charge in [-0.3, -0.25) is 29.4 Å². The fourth-order valence-corrected chi connectivity index (χ4v) is 4.22. The number of nitrogens with zero attached hydrogens (tertiary/aromatic N) is 2. The molecule has 1 aromatic heterocycles. The Hall–Kier alpha value is -4.68. The van der Waals surface area contributed by atoms with E-state index < -0.39 is 41.8 Å². The SMILES string of the molecule is O=C1CCC(N2C(=O)c3cccc(NCc4cnc(-c5ccccc5OC(F)(F)F)o4)c3C2=O)C(=O)N1. The van der Waals surface area contributed by atoms with Gasteiger partial charge >= 0.3 is 6.36 Å². The molecule has 13 heteroatoms. The number of ether oxygens (including phenoxy) is 1. The molecule has 190 valence electrons. The number of imide groups is 2. The van der Waals surface area contributed by atoms with E-state index in [1.54, 1.807) is 12.1 Å². The van der Waals surface area contributed by atoms with Crippen molar-refractivity contribution in [3.63, 3.8) is 0 Å². The highest BCUT2D eigenvalue weighted by Gasteiger charge is 2.45. The largest absolute Gasteiger partial charge is 0.573 e. The number of para-hydroxylation sites is 1. The molecule has 0 spiro atoms. The fraction of sp³-hybridized carbons (Fsp3) is 0.208. The van der Waals surface area contributed by atoms with Crippen LogP contribution in [0.5, 0.6) is 5.75 Å². The minimum Gasteiger partial charge on any atom is -0.439 e. The van der Waals surface area contributed by atoms with Gasteiger partial charge in [-0.2, -0.15) is 0 Å². The number of nitrogens with one attached hydrogen (secondary N) is 2. The number of anilines is 1. The van der Waals surface area contributed by atoms with Gasteiger partial charge in [0.1, 0.15) is 17.6 Å². The van der Waals surface area contributed by atoms with Crippen LogP contribution in [0.3, 0.4) is 0 Å². The molecule has 2 N–H and O–H groups in total. The monoisotopic (exact) mass is 514 g/mol. The number of amides is 4. The summed E-state index contributed by atoms with van der Waals surface area (Å²) in [5.41, 5.74) is 0.425. The van der Waals surface area contributed by atoms with Crippen LogP contribution in [-0.2, 0) is 16.1 Å². The molecular weight excluding hydrogens is 497 g/mol. The van der Waals surface area contributed by atoms with Gasteiger partial charge in [-0.15, -0.1) is 13.2 Å². The molecule has 1 atom stereocenters. The molecule has 0 bridgehead atoms. The maximum atomic E-state index is 13.2. The van der Waals surface area contributed by atoms with E-state index in [0.717, 1.165) is 11.0 Å². The van der Waals surface area contributed by atoms with Gasteiger partial charge in [0.2, 0.25) is 17.7 Å². The van der Waals surface area contributed by atoms with Crippen LogP contribution in [0.15, 0.2) is 53.1 Å². The van der Waals surface area contributed by atoms with Crippen molar-refractivity contribution in [1.82, 2.24) is 15.2 Å². The first-order valence-electron chi connectivity index (χ1n) is 11.0. The first kappa shape index (κ1) is 24.0. The van der Waals surface area contributed by atoms with Crippen LogP contribution in [0.2, 0.25) is 0 Å². The summed E-state index contributed by atoms with van der Waals surface area (Å²) in [7, 11) is 0. The Balaban J connectivity index is 1.35. The summed E-state index contributed by atoms with van der Waals surface area (Å²) in [5.74, 6) is -2.88. The highest BCUT2D eigenvalue weighted by Crippen LogP contribution is 2.35. The van der Waals surface area contributed by atoms with Crippen LogP contribution >= 0.6 is 0 Å². The summed E-state index contributed by atoms with van der Waals surface area (Å²) in [6.45, 7) is -0.0222. The van der Waals surface area contributed by atoms with Gasteiger partial charge in [-0.05, 0) is 30.7 Å². The Morgan fingerprint density at radius 1 is 1.05 bits per heavy atom. The third-order valence-electron chi connectivity index (χ3n) is 5.82. The van der Waals surface area contributed by atoms with E-state index in [1.165, 1.54) is 30.5 Å². The average Bonchev–Trinajstić information content (AvgIpc) is 3.41. The van der Waals surface area contributed by atoms with Gasteiger partial charge in [0, 0.05) is 12.1 Å². The third kappa shape index (κ3) is 4.62. The molecular formula is C24H17F3N4O6. The summed E-state index contributed by atoms with van der Waals surface area (Å²) in [4.78, 5) is 54.7. The molecule has 2 aliphatic rings. The number of rotatable bonds is 6. The van der Waals surface area contributed by atoms with E-state index in [9.17, 15) is 32.3 Å². The van der Waals surface area contributed by atoms with Gasteiger partial charge in [0.25, 0.3) is 11.8 Å². The van der Waals surface area contributed by atoms with E-state index in [4.69, 9.17) is 4.42 Å².